The number of nitrogens with zero attached hydrogens (tertiary/aromatic N) is 2. The van der Waals surface area contributed by atoms with Crippen molar-refractivity contribution in [3.63, 3.8) is 0 Å². The summed E-state index contributed by atoms with van der Waals surface area (Å²) in [5.74, 6) is 0.762. The van der Waals surface area contributed by atoms with E-state index in [0.717, 1.165) is 18.0 Å². The Balaban J connectivity index is 1.98. The van der Waals surface area contributed by atoms with Gasteiger partial charge in [0.1, 0.15) is 18.1 Å². The molecule has 0 fully saturated rings. The van der Waals surface area contributed by atoms with E-state index in [2.05, 4.69) is 4.98 Å². The number of carbonyl (C=O) groups is 1. The number of rotatable bonds is 6. The van der Waals surface area contributed by atoms with Gasteiger partial charge in [-0.25, -0.2) is 4.98 Å². The average Bonchev–Trinajstić information content (AvgIpc) is 2.83. The van der Waals surface area contributed by atoms with Crippen molar-refractivity contribution < 1.29 is 14.6 Å². The van der Waals surface area contributed by atoms with Crippen molar-refractivity contribution in [2.24, 2.45) is 0 Å². The quantitative estimate of drug-likeness (QED) is 0.859. The third kappa shape index (κ3) is 3.58. The minimum atomic E-state index is -0.858. The second kappa shape index (κ2) is 6.04. The van der Waals surface area contributed by atoms with Crippen LogP contribution >= 0.6 is 0 Å². The average molecular weight is 260 g/mol. The number of aromatic nitrogens is 2. The number of carboxylic acids is 1. The van der Waals surface area contributed by atoms with Crippen LogP contribution in [0.1, 0.15) is 11.4 Å². The highest BCUT2D eigenvalue weighted by Crippen LogP contribution is 2.13. The maximum Gasteiger partial charge on any atom is 0.323 e. The molecule has 2 aromatic rings. The van der Waals surface area contributed by atoms with Crippen molar-refractivity contribution in [3.05, 3.63) is 48.0 Å². The first-order valence-corrected chi connectivity index (χ1v) is 6.04. The Morgan fingerprint density at radius 1 is 1.32 bits per heavy atom. The van der Waals surface area contributed by atoms with Gasteiger partial charge in [0.25, 0.3) is 0 Å². The van der Waals surface area contributed by atoms with Crippen LogP contribution in [0.3, 0.4) is 0 Å². The fourth-order valence-corrected chi connectivity index (χ4v) is 1.91. The number of ether oxygens (including phenoxy) is 1. The molecule has 0 saturated carbocycles. The summed E-state index contributed by atoms with van der Waals surface area (Å²) in [5.41, 5.74) is 1.17. The summed E-state index contributed by atoms with van der Waals surface area (Å²) in [6.07, 6.45) is 4.86. The number of benzene rings is 1. The number of hydrogen-bond donors (Lipinski definition) is 1. The van der Waals surface area contributed by atoms with Crippen molar-refractivity contribution in [1.82, 2.24) is 9.55 Å². The predicted molar refractivity (Wildman–Crippen MR) is 70.3 cm³/mol. The molecule has 0 aliphatic rings. The molecule has 5 nitrogen and oxygen atoms in total. The largest absolute Gasteiger partial charge is 0.497 e. The van der Waals surface area contributed by atoms with Crippen molar-refractivity contribution in [3.8, 4) is 5.75 Å². The van der Waals surface area contributed by atoms with Crippen LogP contribution in [0, 0.1) is 0 Å². The van der Waals surface area contributed by atoms with Crippen molar-refractivity contribution >= 4 is 5.97 Å². The number of hydrogen-bond acceptors (Lipinski definition) is 3. The Morgan fingerprint density at radius 3 is 2.68 bits per heavy atom. The van der Waals surface area contributed by atoms with E-state index in [1.165, 1.54) is 5.56 Å². The molecule has 1 N–H and O–H groups in total. The minimum Gasteiger partial charge on any atom is -0.497 e. The van der Waals surface area contributed by atoms with Crippen LogP contribution in [0.15, 0.2) is 36.7 Å². The van der Waals surface area contributed by atoms with Gasteiger partial charge in [0.2, 0.25) is 0 Å². The van der Waals surface area contributed by atoms with Gasteiger partial charge < -0.3 is 14.4 Å². The van der Waals surface area contributed by atoms with Gasteiger partial charge in [-0.1, -0.05) is 12.1 Å². The van der Waals surface area contributed by atoms with E-state index in [-0.39, 0.29) is 6.54 Å². The maximum atomic E-state index is 10.7. The van der Waals surface area contributed by atoms with Crippen molar-refractivity contribution in [1.29, 1.82) is 0 Å². The van der Waals surface area contributed by atoms with E-state index in [4.69, 9.17) is 9.84 Å². The lowest BCUT2D eigenvalue weighted by atomic mass is 10.1. The van der Waals surface area contributed by atoms with Crippen molar-refractivity contribution in [2.75, 3.05) is 7.11 Å². The molecule has 0 bridgehead atoms. The molecule has 1 aromatic heterocycles. The van der Waals surface area contributed by atoms with Gasteiger partial charge in [-0.15, -0.1) is 0 Å². The molecule has 5 heteroatoms. The van der Waals surface area contributed by atoms with Gasteiger partial charge >= 0.3 is 5.97 Å². The summed E-state index contributed by atoms with van der Waals surface area (Å²) in [7, 11) is 1.64. The van der Waals surface area contributed by atoms with Crippen LogP contribution in [-0.2, 0) is 24.2 Å². The molecule has 0 unspecified atom stereocenters. The standard InChI is InChI=1S/C14H16N2O3/c1-19-12-5-2-11(3-6-12)4-7-13-15-8-9-16(13)10-14(17)18/h2-3,5-6,8-9H,4,7,10H2,1H3,(H,17,18). The first kappa shape index (κ1) is 13.1. The highest BCUT2D eigenvalue weighted by molar-refractivity contribution is 5.66. The highest BCUT2D eigenvalue weighted by Gasteiger charge is 2.06. The molecule has 1 heterocycles. The van der Waals surface area contributed by atoms with E-state index in [0.29, 0.717) is 6.42 Å². The molecule has 100 valence electrons. The lowest BCUT2D eigenvalue weighted by Crippen LogP contribution is -2.11. The van der Waals surface area contributed by atoms with Crippen LogP contribution in [0.4, 0.5) is 0 Å². The van der Waals surface area contributed by atoms with Crippen LogP contribution < -0.4 is 4.74 Å². The predicted octanol–water partition coefficient (Wildman–Crippen LogP) is 1.76. The smallest absolute Gasteiger partial charge is 0.323 e. The molecule has 2 rings (SSSR count). The zero-order chi connectivity index (χ0) is 13.7. The summed E-state index contributed by atoms with van der Waals surface area (Å²) < 4.78 is 6.76. The van der Waals surface area contributed by atoms with Gasteiger partial charge in [-0.2, -0.15) is 0 Å². The highest BCUT2D eigenvalue weighted by atomic mass is 16.5. The van der Waals surface area contributed by atoms with Gasteiger partial charge in [0.05, 0.1) is 7.11 Å². The number of carboxylic acid groups (broad SMARTS) is 1. The maximum absolute atomic E-state index is 10.7. The molecule has 0 spiro atoms. The van der Waals surface area contributed by atoms with Gasteiger partial charge in [-0.05, 0) is 24.1 Å². The van der Waals surface area contributed by atoms with E-state index in [9.17, 15) is 4.79 Å². The summed E-state index contributed by atoms with van der Waals surface area (Å²) in [5, 5.41) is 8.79. The van der Waals surface area contributed by atoms with Gasteiger partial charge in [-0.3, -0.25) is 4.79 Å². The van der Waals surface area contributed by atoms with Gasteiger partial charge in [0.15, 0.2) is 0 Å². The van der Waals surface area contributed by atoms with Gasteiger partial charge in [0, 0.05) is 18.8 Å². The Labute approximate surface area is 111 Å². The Kier molecular flexibility index (Phi) is 4.18. The molecule has 1 aromatic carbocycles. The normalized spacial score (nSPS) is 10.4. The summed E-state index contributed by atoms with van der Waals surface area (Å²) in [6.45, 7) is -0.0437. The van der Waals surface area contributed by atoms with Crippen LogP contribution in [0.2, 0.25) is 0 Å². The van der Waals surface area contributed by atoms with E-state index >= 15 is 0 Å². The molecular weight excluding hydrogens is 244 g/mol. The zero-order valence-corrected chi connectivity index (χ0v) is 10.7. The molecule has 0 saturated heterocycles. The Bertz CT molecular complexity index is 546. The van der Waals surface area contributed by atoms with E-state index in [1.54, 1.807) is 24.1 Å². The number of aliphatic carboxylic acids is 1. The zero-order valence-electron chi connectivity index (χ0n) is 10.7. The first-order chi connectivity index (χ1) is 9.19. The first-order valence-electron chi connectivity index (χ1n) is 6.04. The third-order valence-electron chi connectivity index (χ3n) is 2.90. The number of methoxy groups -OCH3 is 1. The second-order valence-electron chi connectivity index (χ2n) is 4.21. The molecule has 0 atom stereocenters. The minimum absolute atomic E-state index is 0.0437. The fraction of sp³-hybridized carbons (Fsp3) is 0.286. The van der Waals surface area contributed by atoms with E-state index in [1.807, 2.05) is 24.3 Å². The lowest BCUT2D eigenvalue weighted by molar-refractivity contribution is -0.137. The third-order valence-corrected chi connectivity index (χ3v) is 2.90. The number of aryl methyl sites for hydroxylation is 2. The molecule has 0 radical (unpaired) electrons. The van der Waals surface area contributed by atoms with Crippen LogP contribution in [-0.4, -0.2) is 27.7 Å². The fourth-order valence-electron chi connectivity index (χ4n) is 1.91. The molecular formula is C14H16N2O3. The molecule has 0 aliphatic heterocycles. The summed E-state index contributed by atoms with van der Waals surface area (Å²) in [4.78, 5) is 14.9. The topological polar surface area (TPSA) is 64.4 Å². The lowest BCUT2D eigenvalue weighted by Gasteiger charge is -2.06. The number of imidazole rings is 1. The molecule has 0 aliphatic carbocycles. The van der Waals surface area contributed by atoms with E-state index < -0.39 is 5.97 Å². The van der Waals surface area contributed by atoms with Crippen LogP contribution in [0.5, 0.6) is 5.75 Å². The SMILES string of the molecule is COc1ccc(CCc2nccn2CC(=O)O)cc1. The van der Waals surface area contributed by atoms with Crippen LogP contribution in [0.25, 0.3) is 0 Å². The Hall–Kier alpha value is -2.30. The Morgan fingerprint density at radius 2 is 2.05 bits per heavy atom. The molecule has 19 heavy (non-hydrogen) atoms. The monoisotopic (exact) mass is 260 g/mol. The van der Waals surface area contributed by atoms with Crippen molar-refractivity contribution in [2.45, 2.75) is 19.4 Å². The second-order valence-corrected chi connectivity index (χ2v) is 4.21. The summed E-state index contributed by atoms with van der Waals surface area (Å²) >= 11 is 0. The summed E-state index contributed by atoms with van der Waals surface area (Å²) in [6, 6.07) is 7.84. The molecule has 0 amide bonds.